The summed E-state index contributed by atoms with van der Waals surface area (Å²) in [6, 6.07) is 0.514. The molecule has 2 aliphatic rings. The quantitative estimate of drug-likeness (QED) is 0.383. The minimum Gasteiger partial charge on any atom is -0.356 e. The highest BCUT2D eigenvalue weighted by atomic mass is 127. The molecule has 2 fully saturated rings. The third-order valence-corrected chi connectivity index (χ3v) is 5.36. The number of amides is 1. The van der Waals surface area contributed by atoms with Crippen LogP contribution in [0.3, 0.4) is 0 Å². The highest BCUT2D eigenvalue weighted by molar-refractivity contribution is 14.0. The molecule has 0 bridgehead atoms. The molecular formula is C17H33IN4O. The molecule has 6 heteroatoms. The monoisotopic (exact) mass is 436 g/mol. The second kappa shape index (κ2) is 9.69. The van der Waals surface area contributed by atoms with Gasteiger partial charge in [0.2, 0.25) is 5.91 Å². The number of rotatable bonds is 6. The van der Waals surface area contributed by atoms with E-state index in [0.29, 0.717) is 11.5 Å². The van der Waals surface area contributed by atoms with Crippen molar-refractivity contribution in [1.29, 1.82) is 0 Å². The minimum atomic E-state index is 0. The van der Waals surface area contributed by atoms with E-state index >= 15 is 0 Å². The molecule has 0 atom stereocenters. The summed E-state index contributed by atoms with van der Waals surface area (Å²) >= 11 is 0. The lowest BCUT2D eigenvalue weighted by molar-refractivity contribution is -0.127. The molecule has 0 aliphatic heterocycles. The Morgan fingerprint density at radius 3 is 2.35 bits per heavy atom. The van der Waals surface area contributed by atoms with Gasteiger partial charge in [0.25, 0.3) is 0 Å². The van der Waals surface area contributed by atoms with E-state index in [0.717, 1.165) is 12.5 Å². The first kappa shape index (κ1) is 20.5. The van der Waals surface area contributed by atoms with Gasteiger partial charge in [0.05, 0.1) is 0 Å². The minimum absolute atomic E-state index is 0. The molecule has 0 unspecified atom stereocenters. The van der Waals surface area contributed by atoms with Crippen LogP contribution in [0.25, 0.3) is 0 Å². The predicted molar refractivity (Wildman–Crippen MR) is 106 cm³/mol. The van der Waals surface area contributed by atoms with Crippen molar-refractivity contribution in [2.45, 2.75) is 64.3 Å². The number of nitrogens with one attached hydrogen (secondary N) is 2. The first-order chi connectivity index (χ1) is 10.5. The van der Waals surface area contributed by atoms with Gasteiger partial charge in [-0.1, -0.05) is 26.2 Å². The van der Waals surface area contributed by atoms with Crippen molar-refractivity contribution >= 4 is 35.8 Å². The van der Waals surface area contributed by atoms with Crippen LogP contribution >= 0.6 is 24.0 Å². The van der Waals surface area contributed by atoms with Crippen LogP contribution in [0.15, 0.2) is 4.99 Å². The molecule has 23 heavy (non-hydrogen) atoms. The summed E-state index contributed by atoms with van der Waals surface area (Å²) in [5.74, 6) is 0.864. The van der Waals surface area contributed by atoms with Gasteiger partial charge in [0.1, 0.15) is 6.54 Å². The number of carbonyl (C=O) groups excluding carboxylic acids is 1. The lowest BCUT2D eigenvalue weighted by Gasteiger charge is -2.41. The van der Waals surface area contributed by atoms with Crippen LogP contribution in [-0.4, -0.2) is 50.0 Å². The van der Waals surface area contributed by atoms with Crippen molar-refractivity contribution in [1.82, 2.24) is 15.5 Å². The van der Waals surface area contributed by atoms with Gasteiger partial charge in [-0.25, -0.2) is 4.99 Å². The number of hydrogen-bond donors (Lipinski definition) is 2. The summed E-state index contributed by atoms with van der Waals surface area (Å²) in [5.41, 5.74) is 0.448. The molecule has 0 saturated heterocycles. The second-order valence-corrected chi connectivity index (χ2v) is 7.14. The smallest absolute Gasteiger partial charge is 0.243 e. The first-order valence-electron chi connectivity index (χ1n) is 8.80. The van der Waals surface area contributed by atoms with Crippen LogP contribution in [0, 0.1) is 5.41 Å². The van der Waals surface area contributed by atoms with Crippen LogP contribution in [0.2, 0.25) is 0 Å². The maximum Gasteiger partial charge on any atom is 0.243 e. The van der Waals surface area contributed by atoms with Crippen LogP contribution < -0.4 is 10.6 Å². The zero-order valence-corrected chi connectivity index (χ0v) is 17.2. The average Bonchev–Trinajstić information content (AvgIpc) is 2.96. The van der Waals surface area contributed by atoms with Crippen LogP contribution in [0.4, 0.5) is 0 Å². The Bertz CT molecular complexity index is 396. The van der Waals surface area contributed by atoms with Crippen molar-refractivity contribution in [3.05, 3.63) is 0 Å². The third-order valence-electron chi connectivity index (χ3n) is 5.36. The average molecular weight is 436 g/mol. The summed E-state index contributed by atoms with van der Waals surface area (Å²) in [5, 5.41) is 7.03. The number of guanidine groups is 1. The molecular weight excluding hydrogens is 403 g/mol. The van der Waals surface area contributed by atoms with Crippen LogP contribution in [0.1, 0.15) is 58.3 Å². The molecule has 0 radical (unpaired) electrons. The van der Waals surface area contributed by atoms with E-state index in [2.05, 4.69) is 22.5 Å². The van der Waals surface area contributed by atoms with Crippen molar-refractivity contribution in [3.63, 3.8) is 0 Å². The third kappa shape index (κ3) is 6.12. The number of halogens is 1. The molecule has 0 heterocycles. The summed E-state index contributed by atoms with van der Waals surface area (Å²) < 4.78 is 0. The van der Waals surface area contributed by atoms with E-state index in [1.54, 1.807) is 19.0 Å². The molecule has 0 spiro atoms. The van der Waals surface area contributed by atoms with E-state index in [1.165, 1.54) is 51.4 Å². The molecule has 134 valence electrons. The Labute approximate surface area is 158 Å². The maximum absolute atomic E-state index is 11.8. The molecule has 2 saturated carbocycles. The number of likely N-dealkylation sites (N-methyl/N-ethyl adjacent to an activating group) is 1. The second-order valence-electron chi connectivity index (χ2n) is 7.14. The fourth-order valence-electron chi connectivity index (χ4n) is 3.31. The zero-order valence-electron chi connectivity index (χ0n) is 14.9. The van der Waals surface area contributed by atoms with Gasteiger partial charge in [0.15, 0.2) is 5.96 Å². The van der Waals surface area contributed by atoms with Gasteiger partial charge in [-0.15, -0.1) is 24.0 Å². The predicted octanol–water partition coefficient (Wildman–Crippen LogP) is 2.75. The van der Waals surface area contributed by atoms with Crippen molar-refractivity contribution in [3.8, 4) is 0 Å². The largest absolute Gasteiger partial charge is 0.356 e. The Balaban J connectivity index is 0.00000264. The molecule has 5 nitrogen and oxygen atoms in total. The number of carbonyl (C=O) groups is 1. The van der Waals surface area contributed by atoms with Gasteiger partial charge in [-0.3, -0.25) is 4.79 Å². The van der Waals surface area contributed by atoms with Crippen molar-refractivity contribution in [2.24, 2.45) is 10.4 Å². The molecule has 1 amide bonds. The van der Waals surface area contributed by atoms with Crippen molar-refractivity contribution < 1.29 is 4.79 Å². The summed E-state index contributed by atoms with van der Waals surface area (Å²) in [4.78, 5) is 17.9. The van der Waals surface area contributed by atoms with Crippen LogP contribution in [-0.2, 0) is 4.79 Å². The fraction of sp³-hybridized carbons (Fsp3) is 0.882. The molecule has 2 aliphatic carbocycles. The topological polar surface area (TPSA) is 56.7 Å². The Morgan fingerprint density at radius 1 is 1.22 bits per heavy atom. The van der Waals surface area contributed by atoms with Gasteiger partial charge < -0.3 is 15.5 Å². The van der Waals surface area contributed by atoms with Gasteiger partial charge >= 0.3 is 0 Å². The Morgan fingerprint density at radius 2 is 1.87 bits per heavy atom. The van der Waals surface area contributed by atoms with Gasteiger partial charge in [0, 0.05) is 26.7 Å². The molecule has 0 aromatic rings. The fourth-order valence-corrected chi connectivity index (χ4v) is 3.31. The van der Waals surface area contributed by atoms with Gasteiger partial charge in [-0.05, 0) is 37.5 Å². The number of hydrogen-bond acceptors (Lipinski definition) is 2. The van der Waals surface area contributed by atoms with E-state index in [1.807, 2.05) is 0 Å². The van der Waals surface area contributed by atoms with Gasteiger partial charge in [-0.2, -0.15) is 0 Å². The van der Waals surface area contributed by atoms with E-state index < -0.39 is 0 Å². The lowest BCUT2D eigenvalue weighted by atomic mass is 9.67. The van der Waals surface area contributed by atoms with Crippen molar-refractivity contribution in [2.75, 3.05) is 27.2 Å². The molecule has 0 aromatic carbocycles. The van der Waals surface area contributed by atoms with E-state index in [9.17, 15) is 4.79 Å². The normalized spacial score (nSPS) is 20.4. The van der Waals surface area contributed by atoms with E-state index in [4.69, 9.17) is 0 Å². The number of aliphatic imine (C=N–C) groups is 1. The van der Waals surface area contributed by atoms with E-state index in [-0.39, 0.29) is 36.4 Å². The summed E-state index contributed by atoms with van der Waals surface area (Å²) in [6.07, 6.45) is 10.2. The Hall–Kier alpha value is -0.530. The first-order valence-corrected chi connectivity index (χ1v) is 8.80. The molecule has 2 rings (SSSR count). The Kier molecular flexibility index (Phi) is 8.64. The maximum atomic E-state index is 11.8. The standard InChI is InChI=1S/C17H32N4O.HI/c1-4-17(10-7-11-17)13-19-16(18-12-15(22)21(2)3)20-14-8-5-6-9-14;/h14H,4-13H2,1-3H3,(H2,18,19,20);1H. The summed E-state index contributed by atoms with van der Waals surface area (Å²) in [6.45, 7) is 3.46. The molecule has 2 N–H and O–H groups in total. The SMILES string of the molecule is CCC1(CNC(=NCC(=O)N(C)C)NC2CCCC2)CCC1.I. The molecule has 0 aromatic heterocycles. The summed E-state index contributed by atoms with van der Waals surface area (Å²) in [7, 11) is 3.55. The van der Waals surface area contributed by atoms with Crippen LogP contribution in [0.5, 0.6) is 0 Å². The zero-order chi connectivity index (χ0) is 16.0. The lowest BCUT2D eigenvalue weighted by Crippen LogP contribution is -2.48. The highest BCUT2D eigenvalue weighted by Gasteiger charge is 2.35. The number of nitrogens with zero attached hydrogens (tertiary/aromatic N) is 2. The highest BCUT2D eigenvalue weighted by Crippen LogP contribution is 2.43.